The van der Waals surface area contributed by atoms with E-state index in [0.29, 0.717) is 17.9 Å². The number of carbonyl (C=O) groups is 1. The SMILES string of the molecule is COc1cc2c(cc1OC)[C@@H](C(=O)[O-])C2. The van der Waals surface area contributed by atoms with Crippen molar-refractivity contribution in [1.29, 1.82) is 0 Å². The molecule has 0 unspecified atom stereocenters. The van der Waals surface area contributed by atoms with Crippen molar-refractivity contribution in [3.05, 3.63) is 23.3 Å². The van der Waals surface area contributed by atoms with Crippen LogP contribution >= 0.6 is 0 Å². The van der Waals surface area contributed by atoms with Crippen LogP contribution in [0.25, 0.3) is 0 Å². The van der Waals surface area contributed by atoms with E-state index in [0.717, 1.165) is 11.1 Å². The Bertz CT molecular complexity index is 411. The van der Waals surface area contributed by atoms with Gasteiger partial charge in [-0.15, -0.1) is 0 Å². The third-order valence-electron chi connectivity index (χ3n) is 2.73. The minimum Gasteiger partial charge on any atom is -0.549 e. The zero-order valence-electron chi connectivity index (χ0n) is 8.57. The quantitative estimate of drug-likeness (QED) is 0.705. The lowest BCUT2D eigenvalue weighted by atomic mass is 9.77. The zero-order valence-corrected chi connectivity index (χ0v) is 8.57. The van der Waals surface area contributed by atoms with E-state index < -0.39 is 11.9 Å². The lowest BCUT2D eigenvalue weighted by Crippen LogP contribution is -2.36. The number of methoxy groups -OCH3 is 2. The highest BCUT2D eigenvalue weighted by Gasteiger charge is 2.29. The van der Waals surface area contributed by atoms with Crippen LogP contribution in [0.2, 0.25) is 0 Å². The highest BCUT2D eigenvalue weighted by Crippen LogP contribution is 2.41. The van der Waals surface area contributed by atoms with Gasteiger partial charge in [-0.3, -0.25) is 0 Å². The number of ether oxygens (including phenoxy) is 2. The molecule has 0 aliphatic heterocycles. The highest BCUT2D eigenvalue weighted by molar-refractivity contribution is 5.79. The molecular formula is C11H11O4-. The van der Waals surface area contributed by atoms with Crippen molar-refractivity contribution < 1.29 is 19.4 Å². The Labute approximate surface area is 87.4 Å². The van der Waals surface area contributed by atoms with E-state index in [1.807, 2.05) is 6.07 Å². The van der Waals surface area contributed by atoms with E-state index in [2.05, 4.69) is 0 Å². The summed E-state index contributed by atoms with van der Waals surface area (Å²) in [6, 6.07) is 3.52. The smallest absolute Gasteiger partial charge is 0.161 e. The molecule has 1 aliphatic carbocycles. The maximum atomic E-state index is 10.7. The van der Waals surface area contributed by atoms with Crippen LogP contribution in [0.1, 0.15) is 17.0 Å². The number of aliphatic carboxylic acids is 1. The Balaban J connectivity index is 2.41. The molecule has 0 spiro atoms. The van der Waals surface area contributed by atoms with Gasteiger partial charge in [-0.25, -0.2) is 0 Å². The Morgan fingerprint density at radius 2 is 1.93 bits per heavy atom. The first-order valence-electron chi connectivity index (χ1n) is 4.63. The minimum atomic E-state index is -1.03. The van der Waals surface area contributed by atoms with Gasteiger partial charge in [0.1, 0.15) is 0 Å². The molecule has 0 fully saturated rings. The molecule has 1 aromatic rings. The number of carbonyl (C=O) groups excluding carboxylic acids is 1. The molecule has 4 heteroatoms. The monoisotopic (exact) mass is 207 g/mol. The first-order valence-corrected chi connectivity index (χ1v) is 4.63. The predicted octanol–water partition coefficient (Wildman–Crippen LogP) is 0.0934. The van der Waals surface area contributed by atoms with Crippen molar-refractivity contribution in [1.82, 2.24) is 0 Å². The van der Waals surface area contributed by atoms with Gasteiger partial charge < -0.3 is 19.4 Å². The van der Waals surface area contributed by atoms with Gasteiger partial charge in [0.2, 0.25) is 0 Å². The normalized spacial score (nSPS) is 17.6. The number of benzene rings is 1. The number of hydrogen-bond acceptors (Lipinski definition) is 4. The number of rotatable bonds is 3. The molecule has 1 atom stereocenters. The van der Waals surface area contributed by atoms with Crippen molar-refractivity contribution in [3.8, 4) is 11.5 Å². The van der Waals surface area contributed by atoms with E-state index in [9.17, 15) is 9.90 Å². The molecule has 0 saturated carbocycles. The molecule has 0 radical (unpaired) electrons. The molecule has 4 nitrogen and oxygen atoms in total. The third-order valence-corrected chi connectivity index (χ3v) is 2.73. The van der Waals surface area contributed by atoms with E-state index in [4.69, 9.17) is 9.47 Å². The third kappa shape index (κ3) is 1.42. The molecule has 0 saturated heterocycles. The lowest BCUT2D eigenvalue weighted by Gasteiger charge is -2.31. The Hall–Kier alpha value is -1.71. The maximum absolute atomic E-state index is 10.7. The zero-order chi connectivity index (χ0) is 11.0. The van der Waals surface area contributed by atoms with E-state index in [-0.39, 0.29) is 0 Å². The molecule has 0 heterocycles. The van der Waals surface area contributed by atoms with E-state index >= 15 is 0 Å². The van der Waals surface area contributed by atoms with Crippen LogP contribution in [0.3, 0.4) is 0 Å². The van der Waals surface area contributed by atoms with Crippen LogP contribution in [0.5, 0.6) is 11.5 Å². The average molecular weight is 207 g/mol. The topological polar surface area (TPSA) is 58.6 Å². The van der Waals surface area contributed by atoms with Gasteiger partial charge in [0.25, 0.3) is 0 Å². The fourth-order valence-electron chi connectivity index (χ4n) is 1.85. The van der Waals surface area contributed by atoms with Crippen LogP contribution in [-0.4, -0.2) is 20.2 Å². The lowest BCUT2D eigenvalue weighted by molar-refractivity contribution is -0.308. The summed E-state index contributed by atoms with van der Waals surface area (Å²) in [6.45, 7) is 0. The second-order valence-corrected chi connectivity index (χ2v) is 3.48. The fraction of sp³-hybridized carbons (Fsp3) is 0.364. The van der Waals surface area contributed by atoms with Gasteiger partial charge in [0.15, 0.2) is 11.5 Å². The van der Waals surface area contributed by atoms with Crippen molar-refractivity contribution in [3.63, 3.8) is 0 Å². The van der Waals surface area contributed by atoms with Crippen molar-refractivity contribution >= 4 is 5.97 Å². The van der Waals surface area contributed by atoms with E-state index in [1.54, 1.807) is 13.2 Å². The Morgan fingerprint density at radius 3 is 2.47 bits per heavy atom. The summed E-state index contributed by atoms with van der Waals surface area (Å²) < 4.78 is 10.2. The van der Waals surface area contributed by atoms with Crippen LogP contribution in [-0.2, 0) is 11.2 Å². The second-order valence-electron chi connectivity index (χ2n) is 3.48. The molecule has 1 aliphatic rings. The van der Waals surface area contributed by atoms with Gasteiger partial charge in [-0.2, -0.15) is 0 Å². The van der Waals surface area contributed by atoms with Gasteiger partial charge in [0.05, 0.1) is 14.2 Å². The number of hydrogen-bond donors (Lipinski definition) is 0. The summed E-state index contributed by atoms with van der Waals surface area (Å²) >= 11 is 0. The number of fused-ring (bicyclic) bond motifs is 1. The molecule has 2 rings (SSSR count). The highest BCUT2D eigenvalue weighted by atomic mass is 16.5. The standard InChI is InChI=1S/C11H12O4/c1-14-9-4-6-3-8(11(12)13)7(6)5-10(9)15-2/h4-5,8H,3H2,1-2H3,(H,12,13)/p-1/t8-/m0/s1. The van der Waals surface area contributed by atoms with Gasteiger partial charge >= 0.3 is 0 Å². The molecular weight excluding hydrogens is 196 g/mol. The summed E-state index contributed by atoms with van der Waals surface area (Å²) in [5, 5.41) is 10.7. The molecule has 80 valence electrons. The number of carboxylic acid groups (broad SMARTS) is 1. The summed E-state index contributed by atoms with van der Waals surface area (Å²) in [4.78, 5) is 10.7. The first kappa shape index (κ1) is 9.83. The first-order chi connectivity index (χ1) is 7.17. The summed E-state index contributed by atoms with van der Waals surface area (Å²) in [7, 11) is 3.08. The molecule has 0 N–H and O–H groups in total. The van der Waals surface area contributed by atoms with Crippen molar-refractivity contribution in [2.24, 2.45) is 0 Å². The fourth-order valence-corrected chi connectivity index (χ4v) is 1.85. The largest absolute Gasteiger partial charge is 0.549 e. The molecule has 1 aromatic carbocycles. The number of carboxylic acids is 1. The van der Waals surface area contributed by atoms with Crippen molar-refractivity contribution in [2.75, 3.05) is 14.2 Å². The van der Waals surface area contributed by atoms with Crippen molar-refractivity contribution in [2.45, 2.75) is 12.3 Å². The average Bonchev–Trinajstić information content (AvgIpc) is 2.19. The van der Waals surface area contributed by atoms with E-state index in [1.165, 1.54) is 7.11 Å². The second kappa shape index (κ2) is 3.46. The minimum absolute atomic E-state index is 0.500. The summed E-state index contributed by atoms with van der Waals surface area (Å²) in [6.07, 6.45) is 0.512. The van der Waals surface area contributed by atoms with Gasteiger partial charge in [-0.05, 0) is 29.7 Å². The molecule has 0 aromatic heterocycles. The van der Waals surface area contributed by atoms with Gasteiger partial charge in [0, 0.05) is 11.9 Å². The van der Waals surface area contributed by atoms with Crippen LogP contribution in [0.15, 0.2) is 12.1 Å². The van der Waals surface area contributed by atoms with Crippen LogP contribution < -0.4 is 14.6 Å². The van der Waals surface area contributed by atoms with Crippen LogP contribution in [0, 0.1) is 0 Å². The van der Waals surface area contributed by atoms with Crippen LogP contribution in [0.4, 0.5) is 0 Å². The Morgan fingerprint density at radius 1 is 1.33 bits per heavy atom. The van der Waals surface area contributed by atoms with Gasteiger partial charge in [-0.1, -0.05) is 0 Å². The molecule has 0 bridgehead atoms. The summed E-state index contributed by atoms with van der Waals surface area (Å²) in [5.74, 6) is -0.343. The molecule has 0 amide bonds. The molecule has 15 heavy (non-hydrogen) atoms. The maximum Gasteiger partial charge on any atom is 0.161 e. The summed E-state index contributed by atoms with van der Waals surface area (Å²) in [5.41, 5.74) is 1.76. The Kier molecular flexibility index (Phi) is 2.26. The predicted molar refractivity (Wildman–Crippen MR) is 51.0 cm³/mol.